The van der Waals surface area contributed by atoms with Crippen LogP contribution in [0.15, 0.2) is 17.1 Å². The average molecular weight is 353 g/mol. The number of hydrogen-bond donors (Lipinski definition) is 0. The predicted molar refractivity (Wildman–Crippen MR) is 91.6 cm³/mol. The van der Waals surface area contributed by atoms with Gasteiger partial charge in [0.05, 0.1) is 5.56 Å². The molecule has 1 saturated heterocycles. The van der Waals surface area contributed by atoms with Gasteiger partial charge in [-0.1, -0.05) is 6.92 Å². The molecular weight excluding hydrogens is 331 g/mol. The van der Waals surface area contributed by atoms with Crippen LogP contribution in [0.25, 0.3) is 5.65 Å². The van der Waals surface area contributed by atoms with Gasteiger partial charge in [0.25, 0.3) is 5.56 Å². The Morgan fingerprint density at radius 3 is 2.40 bits per heavy atom. The lowest BCUT2D eigenvalue weighted by Crippen LogP contribution is -2.40. The third-order valence-electron chi connectivity index (χ3n) is 4.86. The van der Waals surface area contributed by atoms with Gasteiger partial charge in [0.15, 0.2) is 0 Å². The maximum atomic E-state index is 14.5. The molecule has 1 aliphatic heterocycles. The summed E-state index contributed by atoms with van der Waals surface area (Å²) in [4.78, 5) is 19.3. The van der Waals surface area contributed by atoms with Crippen molar-refractivity contribution in [3.05, 3.63) is 39.3 Å². The Hall–Kier alpha value is -2.05. The molecule has 2 aromatic rings. The van der Waals surface area contributed by atoms with Gasteiger partial charge in [-0.2, -0.15) is 0 Å². The zero-order chi connectivity index (χ0) is 18.5. The van der Waals surface area contributed by atoms with E-state index in [1.54, 1.807) is 6.92 Å². The molecule has 7 heteroatoms. The normalized spacial score (nSPS) is 16.4. The van der Waals surface area contributed by atoms with E-state index in [0.717, 1.165) is 19.5 Å². The fourth-order valence-corrected chi connectivity index (χ4v) is 2.97. The van der Waals surface area contributed by atoms with E-state index in [1.165, 1.54) is 37.4 Å². The molecule has 1 aliphatic rings. The zero-order valence-corrected chi connectivity index (χ0v) is 14.8. The van der Waals surface area contributed by atoms with Crippen molar-refractivity contribution in [2.24, 2.45) is 0 Å². The van der Waals surface area contributed by atoms with Gasteiger partial charge in [-0.05, 0) is 33.3 Å². The standard InChI is InChI=1S/C18H22F3N3O/c1-10(14(19)20)13-8-12(18(3,4)21)9-24-16(13)22-15(11(2)17(24)25)23-6-5-7-23/h8-10,14H,5-7H2,1-4H3/t10-/m1/s1. The molecule has 0 saturated carbocycles. The first-order valence-electron chi connectivity index (χ1n) is 8.40. The van der Waals surface area contributed by atoms with Crippen molar-refractivity contribution in [1.82, 2.24) is 9.38 Å². The molecule has 136 valence electrons. The smallest absolute Gasteiger partial charge is 0.262 e. The number of nitrogens with zero attached hydrogens (tertiary/aromatic N) is 3. The second-order valence-electron chi connectivity index (χ2n) is 7.18. The second-order valence-corrected chi connectivity index (χ2v) is 7.18. The van der Waals surface area contributed by atoms with E-state index in [0.29, 0.717) is 11.4 Å². The highest BCUT2D eigenvalue weighted by atomic mass is 19.3. The predicted octanol–water partition coefficient (Wildman–Crippen LogP) is 3.79. The van der Waals surface area contributed by atoms with Crippen molar-refractivity contribution >= 4 is 11.5 Å². The molecule has 0 aromatic carbocycles. The lowest BCUT2D eigenvalue weighted by Gasteiger charge is -2.33. The van der Waals surface area contributed by atoms with Crippen molar-refractivity contribution in [2.45, 2.75) is 52.1 Å². The monoisotopic (exact) mass is 353 g/mol. The summed E-state index contributed by atoms with van der Waals surface area (Å²) >= 11 is 0. The van der Waals surface area contributed by atoms with Crippen molar-refractivity contribution in [3.63, 3.8) is 0 Å². The molecule has 0 unspecified atom stereocenters. The van der Waals surface area contributed by atoms with E-state index in [9.17, 15) is 18.0 Å². The summed E-state index contributed by atoms with van der Waals surface area (Å²) in [6, 6.07) is 1.41. The molecular formula is C18H22F3N3O. The molecule has 0 spiro atoms. The van der Waals surface area contributed by atoms with E-state index in [2.05, 4.69) is 4.98 Å². The van der Waals surface area contributed by atoms with E-state index in [-0.39, 0.29) is 22.3 Å². The number of aromatic nitrogens is 2. The molecule has 0 radical (unpaired) electrons. The molecule has 0 aliphatic carbocycles. The highest BCUT2D eigenvalue weighted by Gasteiger charge is 2.28. The first-order valence-corrected chi connectivity index (χ1v) is 8.40. The van der Waals surface area contributed by atoms with Gasteiger partial charge in [0.1, 0.15) is 17.1 Å². The van der Waals surface area contributed by atoms with Gasteiger partial charge >= 0.3 is 0 Å². The van der Waals surface area contributed by atoms with Crippen LogP contribution in [0.2, 0.25) is 0 Å². The Balaban J connectivity index is 2.36. The fraction of sp³-hybridized carbons (Fsp3) is 0.556. The van der Waals surface area contributed by atoms with Gasteiger partial charge in [0, 0.05) is 36.3 Å². The van der Waals surface area contributed by atoms with Crippen molar-refractivity contribution in [3.8, 4) is 0 Å². The third kappa shape index (κ3) is 3.00. The largest absolute Gasteiger partial charge is 0.356 e. The summed E-state index contributed by atoms with van der Waals surface area (Å²) in [5.41, 5.74) is -1.10. The van der Waals surface area contributed by atoms with Crippen LogP contribution < -0.4 is 10.5 Å². The van der Waals surface area contributed by atoms with Gasteiger partial charge in [-0.15, -0.1) is 0 Å². The van der Waals surface area contributed by atoms with Gasteiger partial charge in [-0.25, -0.2) is 18.2 Å². The molecule has 1 fully saturated rings. The topological polar surface area (TPSA) is 37.6 Å². The maximum absolute atomic E-state index is 14.5. The van der Waals surface area contributed by atoms with Crippen molar-refractivity contribution in [1.29, 1.82) is 0 Å². The Kier molecular flexibility index (Phi) is 4.29. The van der Waals surface area contributed by atoms with Crippen LogP contribution in [-0.4, -0.2) is 28.9 Å². The molecule has 1 atom stereocenters. The van der Waals surface area contributed by atoms with Crippen LogP contribution in [-0.2, 0) is 5.67 Å². The minimum atomic E-state index is -2.63. The van der Waals surface area contributed by atoms with Crippen LogP contribution in [0.5, 0.6) is 0 Å². The SMILES string of the molecule is Cc1c(N2CCC2)nc2c([C@@H](C)C(F)F)cc(C(C)(C)F)cn2c1=O. The van der Waals surface area contributed by atoms with E-state index >= 15 is 0 Å². The molecule has 3 heterocycles. The van der Waals surface area contributed by atoms with Crippen LogP contribution in [0.4, 0.5) is 19.0 Å². The number of alkyl halides is 3. The van der Waals surface area contributed by atoms with Crippen LogP contribution >= 0.6 is 0 Å². The zero-order valence-electron chi connectivity index (χ0n) is 14.8. The van der Waals surface area contributed by atoms with Crippen LogP contribution in [0.1, 0.15) is 49.8 Å². The summed E-state index contributed by atoms with van der Waals surface area (Å²) in [7, 11) is 0. The van der Waals surface area contributed by atoms with Crippen LogP contribution in [0.3, 0.4) is 0 Å². The number of halogens is 3. The number of hydrogen-bond acceptors (Lipinski definition) is 3. The summed E-state index contributed by atoms with van der Waals surface area (Å²) in [5, 5.41) is 0. The van der Waals surface area contributed by atoms with E-state index in [1.807, 2.05) is 4.90 Å². The summed E-state index contributed by atoms with van der Waals surface area (Å²) in [6.45, 7) is 7.29. The highest BCUT2D eigenvalue weighted by molar-refractivity contribution is 5.59. The number of pyridine rings is 1. The van der Waals surface area contributed by atoms with E-state index < -0.39 is 18.0 Å². The Morgan fingerprint density at radius 2 is 1.92 bits per heavy atom. The molecule has 0 bridgehead atoms. The quantitative estimate of drug-likeness (QED) is 0.839. The van der Waals surface area contributed by atoms with Crippen molar-refractivity contribution < 1.29 is 13.2 Å². The number of fused-ring (bicyclic) bond motifs is 1. The van der Waals surface area contributed by atoms with Crippen LogP contribution in [0, 0.1) is 6.92 Å². The molecule has 4 nitrogen and oxygen atoms in total. The highest BCUT2D eigenvalue weighted by Crippen LogP contribution is 2.32. The molecule has 0 amide bonds. The molecule has 2 aromatic heterocycles. The number of anilines is 1. The third-order valence-corrected chi connectivity index (χ3v) is 4.86. The Labute approximate surface area is 144 Å². The maximum Gasteiger partial charge on any atom is 0.262 e. The number of rotatable bonds is 4. The lowest BCUT2D eigenvalue weighted by atomic mass is 9.95. The summed E-state index contributed by atoms with van der Waals surface area (Å²) in [6.07, 6.45) is -0.248. The second kappa shape index (κ2) is 6.04. The van der Waals surface area contributed by atoms with E-state index in [4.69, 9.17) is 0 Å². The van der Waals surface area contributed by atoms with Crippen molar-refractivity contribution in [2.75, 3.05) is 18.0 Å². The average Bonchev–Trinajstić information content (AvgIpc) is 2.48. The minimum Gasteiger partial charge on any atom is -0.356 e. The first-order chi connectivity index (χ1) is 11.6. The molecule has 0 N–H and O–H groups in total. The lowest BCUT2D eigenvalue weighted by molar-refractivity contribution is 0.121. The Bertz CT molecular complexity index is 866. The van der Waals surface area contributed by atoms with Gasteiger partial charge in [0.2, 0.25) is 6.43 Å². The fourth-order valence-electron chi connectivity index (χ4n) is 2.97. The molecule has 25 heavy (non-hydrogen) atoms. The minimum absolute atomic E-state index is 0.179. The Morgan fingerprint density at radius 1 is 1.28 bits per heavy atom. The first kappa shape index (κ1) is 17.8. The summed E-state index contributed by atoms with van der Waals surface area (Å²) < 4.78 is 42.4. The van der Waals surface area contributed by atoms with Gasteiger partial charge < -0.3 is 4.90 Å². The summed E-state index contributed by atoms with van der Waals surface area (Å²) in [5.74, 6) is -0.623. The molecule has 3 rings (SSSR count). The van der Waals surface area contributed by atoms with Gasteiger partial charge in [-0.3, -0.25) is 9.20 Å².